The van der Waals surface area contributed by atoms with E-state index in [9.17, 15) is 8.42 Å². The van der Waals surface area contributed by atoms with Gasteiger partial charge in [0.25, 0.3) is 0 Å². The van der Waals surface area contributed by atoms with Gasteiger partial charge in [-0.25, -0.2) is 0 Å². The summed E-state index contributed by atoms with van der Waals surface area (Å²) < 4.78 is 33.2. The van der Waals surface area contributed by atoms with Crippen LogP contribution < -0.4 is 9.92 Å². The Morgan fingerprint density at radius 1 is 1.50 bits per heavy atom. The van der Waals surface area contributed by atoms with E-state index in [1.54, 1.807) is 6.07 Å². The number of benzene rings is 1. The molecular formula is C7H6N2O4S. The van der Waals surface area contributed by atoms with Gasteiger partial charge in [-0.2, -0.15) is 13.7 Å². The normalized spacial score (nSPS) is 10.6. The third-order valence-electron chi connectivity index (χ3n) is 1.34. The summed E-state index contributed by atoms with van der Waals surface area (Å²) in [6, 6.07) is 5.58. The zero-order valence-corrected chi connectivity index (χ0v) is 7.65. The molecule has 1 rings (SSSR count). The summed E-state index contributed by atoms with van der Waals surface area (Å²) in [6.07, 6.45) is 0. The molecule has 0 aliphatic rings. The number of hydrogen-bond acceptors (Lipinski definition) is 5. The van der Waals surface area contributed by atoms with Crippen molar-refractivity contribution in [3.8, 4) is 11.8 Å². The van der Waals surface area contributed by atoms with E-state index >= 15 is 0 Å². The standard InChI is InChI=1S/C7H6N2O4S/c8-4-5-1-2-6(9)7(3-5)13-14(10,11)12/h1-3H,9H2,(H,10,11,12). The van der Waals surface area contributed by atoms with Gasteiger partial charge in [-0.3, -0.25) is 4.55 Å². The second-order valence-corrected chi connectivity index (χ2v) is 3.40. The zero-order valence-electron chi connectivity index (χ0n) is 6.84. The molecule has 0 amide bonds. The molecule has 0 saturated carbocycles. The Morgan fingerprint density at radius 2 is 2.14 bits per heavy atom. The average Bonchev–Trinajstić information content (AvgIpc) is 2.06. The lowest BCUT2D eigenvalue weighted by Crippen LogP contribution is -2.08. The third kappa shape index (κ3) is 2.62. The van der Waals surface area contributed by atoms with Crippen molar-refractivity contribution in [1.29, 1.82) is 5.26 Å². The van der Waals surface area contributed by atoms with Crippen molar-refractivity contribution in [2.45, 2.75) is 0 Å². The van der Waals surface area contributed by atoms with Crippen LogP contribution in [0.4, 0.5) is 5.69 Å². The lowest BCUT2D eigenvalue weighted by molar-refractivity contribution is 0.387. The Bertz CT molecular complexity index is 489. The van der Waals surface area contributed by atoms with Crippen LogP contribution in [0.3, 0.4) is 0 Å². The quantitative estimate of drug-likeness (QED) is 0.541. The number of nitriles is 1. The molecular weight excluding hydrogens is 208 g/mol. The number of hydrogen-bond donors (Lipinski definition) is 2. The first-order chi connectivity index (χ1) is 6.42. The molecule has 0 aromatic heterocycles. The van der Waals surface area contributed by atoms with Gasteiger partial charge in [0.05, 0.1) is 17.3 Å². The summed E-state index contributed by atoms with van der Waals surface area (Å²) in [4.78, 5) is 0. The summed E-state index contributed by atoms with van der Waals surface area (Å²) in [5.74, 6) is -0.272. The zero-order chi connectivity index (χ0) is 10.8. The predicted molar refractivity (Wildman–Crippen MR) is 47.7 cm³/mol. The Balaban J connectivity index is 3.15. The Labute approximate surface area is 80.5 Å². The van der Waals surface area contributed by atoms with E-state index in [1.165, 1.54) is 12.1 Å². The van der Waals surface area contributed by atoms with Crippen LogP contribution in [0, 0.1) is 11.3 Å². The van der Waals surface area contributed by atoms with Crippen LogP contribution in [0.15, 0.2) is 18.2 Å². The van der Waals surface area contributed by atoms with Gasteiger partial charge in [0.1, 0.15) is 0 Å². The van der Waals surface area contributed by atoms with Crippen LogP contribution in [-0.4, -0.2) is 13.0 Å². The Kier molecular flexibility index (Phi) is 2.60. The Hall–Kier alpha value is -1.78. The molecule has 0 aliphatic carbocycles. The second kappa shape index (κ2) is 3.53. The summed E-state index contributed by atoms with van der Waals surface area (Å²) >= 11 is 0. The molecule has 0 unspecified atom stereocenters. The SMILES string of the molecule is N#Cc1ccc(N)c(OS(=O)(=O)O)c1. The minimum Gasteiger partial charge on any atom is -0.396 e. The summed E-state index contributed by atoms with van der Waals surface area (Å²) in [7, 11) is -4.61. The van der Waals surface area contributed by atoms with Crippen LogP contribution >= 0.6 is 0 Å². The van der Waals surface area contributed by atoms with Gasteiger partial charge >= 0.3 is 10.4 Å². The van der Waals surface area contributed by atoms with Gasteiger partial charge in [0.2, 0.25) is 0 Å². The fourth-order valence-electron chi connectivity index (χ4n) is 0.790. The highest BCUT2D eigenvalue weighted by molar-refractivity contribution is 7.81. The van der Waals surface area contributed by atoms with Crippen molar-refractivity contribution >= 4 is 16.1 Å². The van der Waals surface area contributed by atoms with Crippen molar-refractivity contribution in [3.05, 3.63) is 23.8 Å². The van der Waals surface area contributed by atoms with E-state index in [0.29, 0.717) is 0 Å². The van der Waals surface area contributed by atoms with E-state index in [2.05, 4.69) is 4.18 Å². The van der Waals surface area contributed by atoms with Crippen LogP contribution in [0.25, 0.3) is 0 Å². The van der Waals surface area contributed by atoms with Gasteiger partial charge in [-0.05, 0) is 12.1 Å². The van der Waals surface area contributed by atoms with Gasteiger partial charge in [0, 0.05) is 6.07 Å². The van der Waals surface area contributed by atoms with E-state index in [0.717, 1.165) is 6.07 Å². The predicted octanol–water partition coefficient (Wildman–Crippen LogP) is 0.322. The molecule has 0 atom stereocenters. The largest absolute Gasteiger partial charge is 0.446 e. The van der Waals surface area contributed by atoms with Crippen molar-refractivity contribution in [2.24, 2.45) is 0 Å². The highest BCUT2D eigenvalue weighted by Gasteiger charge is 2.10. The molecule has 14 heavy (non-hydrogen) atoms. The van der Waals surface area contributed by atoms with Crippen molar-refractivity contribution < 1.29 is 17.2 Å². The molecule has 3 N–H and O–H groups in total. The number of nitrogen functional groups attached to an aromatic ring is 1. The lowest BCUT2D eigenvalue weighted by atomic mass is 10.2. The third-order valence-corrected chi connectivity index (χ3v) is 1.73. The molecule has 0 saturated heterocycles. The van der Waals surface area contributed by atoms with Gasteiger partial charge in [-0.15, -0.1) is 0 Å². The summed E-state index contributed by atoms with van der Waals surface area (Å²) in [5, 5.41) is 8.49. The fraction of sp³-hybridized carbons (Fsp3) is 0. The van der Waals surface area contributed by atoms with Gasteiger partial charge in [0.15, 0.2) is 5.75 Å². The fourth-order valence-corrected chi connectivity index (χ4v) is 1.16. The van der Waals surface area contributed by atoms with Crippen LogP contribution in [0.5, 0.6) is 5.75 Å². The highest BCUT2D eigenvalue weighted by Crippen LogP contribution is 2.23. The van der Waals surface area contributed by atoms with Gasteiger partial charge < -0.3 is 9.92 Å². The van der Waals surface area contributed by atoms with Crippen LogP contribution in [0.1, 0.15) is 5.56 Å². The molecule has 0 fully saturated rings. The van der Waals surface area contributed by atoms with E-state index in [1.807, 2.05) is 0 Å². The second-order valence-electron chi connectivity index (χ2n) is 2.38. The molecule has 1 aromatic carbocycles. The molecule has 0 aliphatic heterocycles. The number of nitrogens with zero attached hydrogens (tertiary/aromatic N) is 1. The molecule has 74 valence electrons. The molecule has 7 heteroatoms. The monoisotopic (exact) mass is 214 g/mol. The lowest BCUT2D eigenvalue weighted by Gasteiger charge is -2.04. The molecule has 0 spiro atoms. The molecule has 0 heterocycles. The van der Waals surface area contributed by atoms with Crippen molar-refractivity contribution in [2.75, 3.05) is 5.73 Å². The first-order valence-electron chi connectivity index (χ1n) is 3.39. The molecule has 1 aromatic rings. The number of rotatable bonds is 2. The molecule has 6 nitrogen and oxygen atoms in total. The smallest absolute Gasteiger partial charge is 0.396 e. The highest BCUT2D eigenvalue weighted by atomic mass is 32.3. The first kappa shape index (κ1) is 10.3. The molecule has 0 bridgehead atoms. The van der Waals surface area contributed by atoms with E-state index in [-0.39, 0.29) is 17.0 Å². The summed E-state index contributed by atoms with van der Waals surface area (Å²) in [5.41, 5.74) is 5.54. The first-order valence-corrected chi connectivity index (χ1v) is 4.75. The van der Waals surface area contributed by atoms with Crippen LogP contribution in [0.2, 0.25) is 0 Å². The van der Waals surface area contributed by atoms with Crippen LogP contribution in [-0.2, 0) is 10.4 Å². The topological polar surface area (TPSA) is 113 Å². The molecule has 0 radical (unpaired) electrons. The van der Waals surface area contributed by atoms with Crippen molar-refractivity contribution in [3.63, 3.8) is 0 Å². The summed E-state index contributed by atoms with van der Waals surface area (Å²) in [6.45, 7) is 0. The van der Waals surface area contributed by atoms with E-state index in [4.69, 9.17) is 15.5 Å². The Morgan fingerprint density at radius 3 is 2.64 bits per heavy atom. The average molecular weight is 214 g/mol. The maximum atomic E-state index is 10.3. The minimum atomic E-state index is -4.61. The number of anilines is 1. The van der Waals surface area contributed by atoms with E-state index < -0.39 is 10.4 Å². The maximum absolute atomic E-state index is 10.3. The number of nitrogens with two attached hydrogens (primary N) is 1. The van der Waals surface area contributed by atoms with Crippen molar-refractivity contribution in [1.82, 2.24) is 0 Å². The maximum Gasteiger partial charge on any atom is 0.446 e. The van der Waals surface area contributed by atoms with Gasteiger partial charge in [-0.1, -0.05) is 0 Å². The minimum absolute atomic E-state index is 0.0154.